The van der Waals surface area contributed by atoms with Crippen LogP contribution in [0.5, 0.6) is 0 Å². The van der Waals surface area contributed by atoms with Crippen molar-refractivity contribution in [2.75, 3.05) is 31.6 Å². The lowest BCUT2D eigenvalue weighted by atomic mass is 10.0. The van der Waals surface area contributed by atoms with E-state index in [4.69, 9.17) is 0 Å². The lowest BCUT2D eigenvalue weighted by Crippen LogP contribution is -2.21. The van der Waals surface area contributed by atoms with Crippen molar-refractivity contribution in [1.82, 2.24) is 10.3 Å². The SMILES string of the molecule is CN(CCC1CCNC1)c1ccncc1. The number of hydrogen-bond donors (Lipinski definition) is 1. The van der Waals surface area contributed by atoms with Crippen molar-refractivity contribution in [2.24, 2.45) is 5.92 Å². The molecule has 2 rings (SSSR count). The molecule has 1 aliphatic rings. The Labute approximate surface area is 91.5 Å². The van der Waals surface area contributed by atoms with Crippen molar-refractivity contribution in [3.63, 3.8) is 0 Å². The van der Waals surface area contributed by atoms with Crippen LogP contribution >= 0.6 is 0 Å². The minimum absolute atomic E-state index is 0.870. The van der Waals surface area contributed by atoms with Gasteiger partial charge in [-0.2, -0.15) is 0 Å². The summed E-state index contributed by atoms with van der Waals surface area (Å²) < 4.78 is 0. The summed E-state index contributed by atoms with van der Waals surface area (Å²) in [5.41, 5.74) is 1.26. The molecule has 1 atom stereocenters. The summed E-state index contributed by atoms with van der Waals surface area (Å²) in [5.74, 6) is 0.870. The van der Waals surface area contributed by atoms with Crippen molar-refractivity contribution < 1.29 is 0 Å². The summed E-state index contributed by atoms with van der Waals surface area (Å²) in [6.07, 6.45) is 6.32. The Hall–Kier alpha value is -1.09. The van der Waals surface area contributed by atoms with Gasteiger partial charge in [-0.05, 0) is 44.0 Å². The quantitative estimate of drug-likeness (QED) is 0.807. The average Bonchev–Trinajstić information content (AvgIpc) is 2.80. The Morgan fingerprint density at radius 3 is 2.93 bits per heavy atom. The van der Waals surface area contributed by atoms with E-state index in [0.717, 1.165) is 12.5 Å². The highest BCUT2D eigenvalue weighted by molar-refractivity contribution is 5.43. The molecule has 1 N–H and O–H groups in total. The topological polar surface area (TPSA) is 28.2 Å². The molecule has 2 heterocycles. The molecule has 0 bridgehead atoms. The van der Waals surface area contributed by atoms with Gasteiger partial charge in [-0.25, -0.2) is 0 Å². The number of nitrogens with one attached hydrogen (secondary N) is 1. The molecule has 82 valence electrons. The van der Waals surface area contributed by atoms with E-state index in [-0.39, 0.29) is 0 Å². The van der Waals surface area contributed by atoms with Crippen LogP contribution in [0, 0.1) is 5.92 Å². The molecule has 0 radical (unpaired) electrons. The van der Waals surface area contributed by atoms with Gasteiger partial charge in [-0.3, -0.25) is 4.98 Å². The first-order valence-corrected chi connectivity index (χ1v) is 5.68. The van der Waals surface area contributed by atoms with Gasteiger partial charge in [0.25, 0.3) is 0 Å². The molecule has 0 saturated carbocycles. The summed E-state index contributed by atoms with van der Waals surface area (Å²) in [5, 5.41) is 3.41. The second kappa shape index (κ2) is 5.12. The first-order chi connectivity index (χ1) is 7.36. The molecule has 1 fully saturated rings. The van der Waals surface area contributed by atoms with Crippen LogP contribution in [-0.2, 0) is 0 Å². The standard InChI is InChI=1S/C12H19N3/c1-15(12-3-7-13-8-4-12)9-5-11-2-6-14-10-11/h3-4,7-8,11,14H,2,5-6,9-10H2,1H3. The molecule has 3 heteroatoms. The fraction of sp³-hybridized carbons (Fsp3) is 0.583. The molecular formula is C12H19N3. The number of rotatable bonds is 4. The van der Waals surface area contributed by atoms with Gasteiger partial charge < -0.3 is 10.2 Å². The van der Waals surface area contributed by atoms with Crippen molar-refractivity contribution in [2.45, 2.75) is 12.8 Å². The van der Waals surface area contributed by atoms with Crippen LogP contribution < -0.4 is 10.2 Å². The fourth-order valence-electron chi connectivity index (χ4n) is 2.06. The minimum Gasteiger partial charge on any atom is -0.374 e. The molecule has 3 nitrogen and oxygen atoms in total. The maximum Gasteiger partial charge on any atom is 0.0394 e. The number of hydrogen-bond acceptors (Lipinski definition) is 3. The van der Waals surface area contributed by atoms with Crippen LogP contribution in [0.15, 0.2) is 24.5 Å². The summed E-state index contributed by atoms with van der Waals surface area (Å²) >= 11 is 0. The smallest absolute Gasteiger partial charge is 0.0394 e. The molecule has 0 aromatic carbocycles. The van der Waals surface area contributed by atoms with E-state index < -0.39 is 0 Å². The van der Waals surface area contributed by atoms with Crippen LogP contribution in [-0.4, -0.2) is 31.7 Å². The van der Waals surface area contributed by atoms with Gasteiger partial charge in [0.15, 0.2) is 0 Å². The summed E-state index contributed by atoms with van der Waals surface area (Å²) in [7, 11) is 2.15. The third-order valence-corrected chi connectivity index (χ3v) is 3.14. The zero-order valence-corrected chi connectivity index (χ0v) is 9.32. The molecular weight excluding hydrogens is 186 g/mol. The van der Waals surface area contributed by atoms with E-state index in [1.807, 2.05) is 12.4 Å². The molecule has 0 amide bonds. The third kappa shape index (κ3) is 2.93. The zero-order valence-electron chi connectivity index (χ0n) is 9.32. The maximum absolute atomic E-state index is 4.03. The third-order valence-electron chi connectivity index (χ3n) is 3.14. The highest BCUT2D eigenvalue weighted by Crippen LogP contribution is 2.15. The lowest BCUT2D eigenvalue weighted by molar-refractivity contribution is 0.533. The molecule has 0 spiro atoms. The van der Waals surface area contributed by atoms with Crippen LogP contribution in [0.25, 0.3) is 0 Å². The van der Waals surface area contributed by atoms with Gasteiger partial charge in [-0.15, -0.1) is 0 Å². The summed E-state index contributed by atoms with van der Waals surface area (Å²) in [4.78, 5) is 6.33. The molecule has 1 saturated heterocycles. The largest absolute Gasteiger partial charge is 0.374 e. The number of anilines is 1. The highest BCUT2D eigenvalue weighted by atomic mass is 15.1. The van der Waals surface area contributed by atoms with Crippen molar-refractivity contribution in [3.8, 4) is 0 Å². The summed E-state index contributed by atoms with van der Waals surface area (Å²) in [6, 6.07) is 4.12. The Bertz CT molecular complexity index is 280. The Balaban J connectivity index is 1.79. The van der Waals surface area contributed by atoms with Crippen LogP contribution in [0.2, 0.25) is 0 Å². The van der Waals surface area contributed by atoms with Crippen LogP contribution in [0.3, 0.4) is 0 Å². The number of pyridine rings is 1. The monoisotopic (exact) mass is 205 g/mol. The van der Waals surface area contributed by atoms with E-state index in [9.17, 15) is 0 Å². The van der Waals surface area contributed by atoms with Crippen molar-refractivity contribution in [3.05, 3.63) is 24.5 Å². The van der Waals surface area contributed by atoms with Gasteiger partial charge in [0.2, 0.25) is 0 Å². The molecule has 1 aliphatic heterocycles. The van der Waals surface area contributed by atoms with E-state index in [0.29, 0.717) is 0 Å². The Kier molecular flexibility index (Phi) is 3.56. The first kappa shape index (κ1) is 10.4. The lowest BCUT2D eigenvalue weighted by Gasteiger charge is -2.20. The van der Waals surface area contributed by atoms with Gasteiger partial charge in [0.1, 0.15) is 0 Å². The predicted octanol–water partition coefficient (Wildman–Crippen LogP) is 1.52. The van der Waals surface area contributed by atoms with E-state index >= 15 is 0 Å². The molecule has 1 unspecified atom stereocenters. The number of nitrogens with zero attached hydrogens (tertiary/aromatic N) is 2. The van der Waals surface area contributed by atoms with Crippen LogP contribution in [0.4, 0.5) is 5.69 Å². The van der Waals surface area contributed by atoms with E-state index in [1.54, 1.807) is 0 Å². The minimum atomic E-state index is 0.870. The van der Waals surface area contributed by atoms with Gasteiger partial charge >= 0.3 is 0 Å². The van der Waals surface area contributed by atoms with Gasteiger partial charge in [0, 0.05) is 31.7 Å². The first-order valence-electron chi connectivity index (χ1n) is 5.68. The zero-order chi connectivity index (χ0) is 10.5. The molecule has 0 aliphatic carbocycles. The van der Waals surface area contributed by atoms with E-state index in [2.05, 4.69) is 34.4 Å². The highest BCUT2D eigenvalue weighted by Gasteiger charge is 2.14. The molecule has 1 aromatic rings. The molecule has 1 aromatic heterocycles. The van der Waals surface area contributed by atoms with Gasteiger partial charge in [0.05, 0.1) is 0 Å². The second-order valence-corrected chi connectivity index (χ2v) is 4.27. The van der Waals surface area contributed by atoms with Crippen molar-refractivity contribution >= 4 is 5.69 Å². The summed E-state index contributed by atoms with van der Waals surface area (Å²) in [6.45, 7) is 3.53. The number of aromatic nitrogens is 1. The van der Waals surface area contributed by atoms with Gasteiger partial charge in [-0.1, -0.05) is 0 Å². The average molecular weight is 205 g/mol. The fourth-order valence-corrected chi connectivity index (χ4v) is 2.06. The van der Waals surface area contributed by atoms with E-state index in [1.165, 1.54) is 31.6 Å². The molecule has 15 heavy (non-hydrogen) atoms. The van der Waals surface area contributed by atoms with Crippen LogP contribution in [0.1, 0.15) is 12.8 Å². The second-order valence-electron chi connectivity index (χ2n) is 4.27. The predicted molar refractivity (Wildman–Crippen MR) is 63.1 cm³/mol. The maximum atomic E-state index is 4.03. The normalized spacial score (nSPS) is 20.5. The Morgan fingerprint density at radius 1 is 1.47 bits per heavy atom. The Morgan fingerprint density at radius 2 is 2.27 bits per heavy atom. The van der Waals surface area contributed by atoms with Crippen molar-refractivity contribution in [1.29, 1.82) is 0 Å².